The number of rotatable bonds is 4. The molecule has 1 heteroatoms. The summed E-state index contributed by atoms with van der Waals surface area (Å²) in [4.78, 5) is 2.06. The Morgan fingerprint density at radius 2 is 2.08 bits per heavy atom. The number of allylic oxidation sites excluding steroid dienone is 2. The molecule has 0 aromatic heterocycles. The van der Waals surface area contributed by atoms with Gasteiger partial charge in [0.25, 0.3) is 0 Å². The Morgan fingerprint density at radius 1 is 1.33 bits per heavy atom. The van der Waals surface area contributed by atoms with Crippen LogP contribution in [0.1, 0.15) is 26.2 Å². The summed E-state index contributed by atoms with van der Waals surface area (Å²) < 4.78 is 0. The molecule has 0 unspecified atom stereocenters. The third-order valence-electron chi connectivity index (χ3n) is 1.42. The predicted octanol–water partition coefficient (Wildman–Crippen LogP) is 2.30. The molecule has 0 fully saturated rings. The van der Waals surface area contributed by atoms with Gasteiger partial charge in [-0.2, -0.15) is 0 Å². The minimum atomic E-state index is 0.845. The van der Waals surface area contributed by atoms with Crippen LogP contribution >= 0.6 is 0 Å². The molecule has 0 aliphatic rings. The molecule has 0 bridgehead atoms. The summed E-state index contributed by atoms with van der Waals surface area (Å²) in [5.41, 5.74) is 0. The maximum absolute atomic E-state index is 3.05. The molecule has 12 heavy (non-hydrogen) atoms. The van der Waals surface area contributed by atoms with E-state index in [4.69, 9.17) is 0 Å². The average molecular weight is 165 g/mol. The molecule has 0 amide bonds. The smallest absolute Gasteiger partial charge is 0.0600 e. The van der Waals surface area contributed by atoms with Gasteiger partial charge in [0.1, 0.15) is 0 Å². The van der Waals surface area contributed by atoms with Gasteiger partial charge < -0.3 is 0 Å². The van der Waals surface area contributed by atoms with E-state index in [2.05, 4.69) is 29.7 Å². The Kier molecular flexibility index (Phi) is 7.84. The van der Waals surface area contributed by atoms with Gasteiger partial charge in [0.05, 0.1) is 6.54 Å². The van der Waals surface area contributed by atoms with E-state index in [1.165, 1.54) is 12.8 Å². The SMILES string of the molecule is CCCC/C=C/C#CCN(C)C. The van der Waals surface area contributed by atoms with Crippen LogP contribution in [0.5, 0.6) is 0 Å². The van der Waals surface area contributed by atoms with Gasteiger partial charge in [0.2, 0.25) is 0 Å². The summed E-state index contributed by atoms with van der Waals surface area (Å²) in [6, 6.07) is 0. The molecule has 0 spiro atoms. The second-order valence-electron chi connectivity index (χ2n) is 3.10. The lowest BCUT2D eigenvalue weighted by molar-refractivity contribution is 0.464. The summed E-state index contributed by atoms with van der Waals surface area (Å²) in [6.07, 6.45) is 7.79. The van der Waals surface area contributed by atoms with E-state index in [0.29, 0.717) is 0 Å². The van der Waals surface area contributed by atoms with Crippen molar-refractivity contribution in [2.75, 3.05) is 20.6 Å². The second-order valence-corrected chi connectivity index (χ2v) is 3.10. The summed E-state index contributed by atoms with van der Waals surface area (Å²) >= 11 is 0. The topological polar surface area (TPSA) is 3.24 Å². The lowest BCUT2D eigenvalue weighted by Crippen LogP contribution is -2.10. The molecule has 0 heterocycles. The van der Waals surface area contributed by atoms with Gasteiger partial charge >= 0.3 is 0 Å². The fourth-order valence-corrected chi connectivity index (χ4v) is 0.727. The van der Waals surface area contributed by atoms with Gasteiger partial charge in [-0.25, -0.2) is 0 Å². The lowest BCUT2D eigenvalue weighted by atomic mass is 10.2. The zero-order valence-electron chi connectivity index (χ0n) is 8.43. The average Bonchev–Trinajstić information content (AvgIpc) is 2.02. The van der Waals surface area contributed by atoms with Crippen molar-refractivity contribution in [3.05, 3.63) is 12.2 Å². The zero-order valence-corrected chi connectivity index (χ0v) is 8.43. The van der Waals surface area contributed by atoms with Crippen LogP contribution in [-0.2, 0) is 0 Å². The van der Waals surface area contributed by atoms with Crippen LogP contribution in [0.15, 0.2) is 12.2 Å². The molecule has 0 atom stereocenters. The lowest BCUT2D eigenvalue weighted by Gasteiger charge is -2.00. The molecule has 0 aliphatic carbocycles. The number of hydrogen-bond acceptors (Lipinski definition) is 1. The number of hydrogen-bond donors (Lipinski definition) is 0. The van der Waals surface area contributed by atoms with Gasteiger partial charge in [-0.05, 0) is 26.6 Å². The van der Waals surface area contributed by atoms with E-state index in [0.717, 1.165) is 13.0 Å². The highest BCUT2D eigenvalue weighted by Gasteiger charge is 1.78. The first-order chi connectivity index (χ1) is 5.77. The predicted molar refractivity (Wildman–Crippen MR) is 55.0 cm³/mol. The van der Waals surface area contributed by atoms with Crippen molar-refractivity contribution in [3.8, 4) is 11.8 Å². The Morgan fingerprint density at radius 3 is 2.67 bits per heavy atom. The largest absolute Gasteiger partial charge is 0.299 e. The van der Waals surface area contributed by atoms with Crippen molar-refractivity contribution in [2.24, 2.45) is 0 Å². The normalized spacial score (nSPS) is 10.3. The Bertz CT molecular complexity index is 169. The van der Waals surface area contributed by atoms with Crippen LogP contribution in [0.3, 0.4) is 0 Å². The third kappa shape index (κ3) is 9.26. The second kappa shape index (κ2) is 8.36. The van der Waals surface area contributed by atoms with Gasteiger partial charge in [-0.15, -0.1) is 0 Å². The number of unbranched alkanes of at least 4 members (excludes halogenated alkanes) is 2. The standard InChI is InChI=1S/C11H19N/c1-4-5-6-7-8-9-10-11-12(2)3/h7-8H,4-6,11H2,1-3H3/b8-7+. The first kappa shape index (κ1) is 11.3. The van der Waals surface area contributed by atoms with Crippen LogP contribution in [0.4, 0.5) is 0 Å². The molecule has 0 N–H and O–H groups in total. The van der Waals surface area contributed by atoms with Gasteiger partial charge in [-0.3, -0.25) is 4.90 Å². The molecular weight excluding hydrogens is 146 g/mol. The molecule has 0 rings (SSSR count). The monoisotopic (exact) mass is 165 g/mol. The van der Waals surface area contributed by atoms with Gasteiger partial charge in [0, 0.05) is 0 Å². The molecule has 1 nitrogen and oxygen atoms in total. The summed E-state index contributed by atoms with van der Waals surface area (Å²) in [6.45, 7) is 3.05. The first-order valence-electron chi connectivity index (χ1n) is 4.55. The van der Waals surface area contributed by atoms with E-state index < -0.39 is 0 Å². The number of nitrogens with zero attached hydrogens (tertiary/aromatic N) is 1. The van der Waals surface area contributed by atoms with Crippen molar-refractivity contribution in [1.82, 2.24) is 4.90 Å². The molecule has 0 aromatic rings. The maximum Gasteiger partial charge on any atom is 0.0600 e. The molecule has 0 aromatic carbocycles. The quantitative estimate of drug-likeness (QED) is 0.456. The van der Waals surface area contributed by atoms with Crippen molar-refractivity contribution < 1.29 is 0 Å². The summed E-state index contributed by atoms with van der Waals surface area (Å²) in [7, 11) is 4.05. The van der Waals surface area contributed by atoms with Gasteiger partial charge in [0.15, 0.2) is 0 Å². The summed E-state index contributed by atoms with van der Waals surface area (Å²) in [5.74, 6) is 6.05. The highest BCUT2D eigenvalue weighted by molar-refractivity contribution is 5.15. The van der Waals surface area contributed by atoms with Crippen molar-refractivity contribution in [2.45, 2.75) is 26.2 Å². The van der Waals surface area contributed by atoms with Gasteiger partial charge in [-0.1, -0.05) is 37.7 Å². The molecular formula is C11H19N. The zero-order chi connectivity index (χ0) is 9.23. The molecule has 0 saturated carbocycles. The fraction of sp³-hybridized carbons (Fsp3) is 0.636. The van der Waals surface area contributed by atoms with Crippen LogP contribution in [0, 0.1) is 11.8 Å². The third-order valence-corrected chi connectivity index (χ3v) is 1.42. The van der Waals surface area contributed by atoms with E-state index in [-0.39, 0.29) is 0 Å². The Balaban J connectivity index is 3.36. The van der Waals surface area contributed by atoms with Crippen LogP contribution in [0.25, 0.3) is 0 Å². The first-order valence-corrected chi connectivity index (χ1v) is 4.55. The van der Waals surface area contributed by atoms with Crippen LogP contribution in [-0.4, -0.2) is 25.5 Å². The van der Waals surface area contributed by atoms with Crippen LogP contribution < -0.4 is 0 Å². The maximum atomic E-state index is 3.05. The molecule has 0 saturated heterocycles. The Labute approximate surface area is 76.5 Å². The highest BCUT2D eigenvalue weighted by Crippen LogP contribution is 1.93. The van der Waals surface area contributed by atoms with Crippen molar-refractivity contribution >= 4 is 0 Å². The highest BCUT2D eigenvalue weighted by atomic mass is 15.0. The molecule has 0 radical (unpaired) electrons. The van der Waals surface area contributed by atoms with Crippen molar-refractivity contribution in [1.29, 1.82) is 0 Å². The van der Waals surface area contributed by atoms with Crippen LogP contribution in [0.2, 0.25) is 0 Å². The fourth-order valence-electron chi connectivity index (χ4n) is 0.727. The van der Waals surface area contributed by atoms with E-state index >= 15 is 0 Å². The molecule has 68 valence electrons. The molecule has 0 aliphatic heterocycles. The minimum Gasteiger partial charge on any atom is -0.299 e. The van der Waals surface area contributed by atoms with E-state index in [1.54, 1.807) is 0 Å². The summed E-state index contributed by atoms with van der Waals surface area (Å²) in [5, 5.41) is 0. The minimum absolute atomic E-state index is 0.845. The van der Waals surface area contributed by atoms with E-state index in [1.807, 2.05) is 20.2 Å². The van der Waals surface area contributed by atoms with E-state index in [9.17, 15) is 0 Å². The Hall–Kier alpha value is -0.740. The van der Waals surface area contributed by atoms with Crippen molar-refractivity contribution in [3.63, 3.8) is 0 Å².